The average Bonchev–Trinajstić information content (AvgIpc) is 2.91. The van der Waals surface area contributed by atoms with Gasteiger partial charge in [-0.2, -0.15) is 0 Å². The van der Waals surface area contributed by atoms with Gasteiger partial charge in [-0.1, -0.05) is 60.2 Å². The molecule has 0 spiro atoms. The molecule has 1 heterocycles. The van der Waals surface area contributed by atoms with Gasteiger partial charge in [-0.25, -0.2) is 0 Å². The lowest BCUT2D eigenvalue weighted by atomic mass is 9.94. The van der Waals surface area contributed by atoms with E-state index in [1.165, 1.54) is 4.90 Å². The van der Waals surface area contributed by atoms with Crippen molar-refractivity contribution in [3.8, 4) is 0 Å². The largest absolute Gasteiger partial charge is 0.507 e. The number of benzene rings is 2. The van der Waals surface area contributed by atoms with Gasteiger partial charge < -0.3 is 15.1 Å². The number of rotatable bonds is 5. The van der Waals surface area contributed by atoms with E-state index < -0.39 is 23.7 Å². The molecule has 3 rings (SSSR count). The molecule has 0 aromatic heterocycles. The summed E-state index contributed by atoms with van der Waals surface area (Å²) in [5, 5.41) is 19.7. The number of aliphatic hydroxyl groups is 1. The number of carboxylic acids is 1. The van der Waals surface area contributed by atoms with Gasteiger partial charge in [-0.3, -0.25) is 14.4 Å². The first kappa shape index (κ1) is 18.4. The zero-order valence-electron chi connectivity index (χ0n) is 14.8. The Morgan fingerprint density at radius 1 is 1.00 bits per heavy atom. The van der Waals surface area contributed by atoms with E-state index in [0.29, 0.717) is 11.1 Å². The number of carbonyl (C=O) groups excluding carboxylic acids is 2. The summed E-state index contributed by atoms with van der Waals surface area (Å²) in [5.41, 5.74) is 2.04. The molecule has 1 saturated heterocycles. The monoisotopic (exact) mass is 365 g/mol. The fraction of sp³-hybridized carbons (Fsp3) is 0.190. The normalized spacial score (nSPS) is 18.7. The Hall–Kier alpha value is -3.41. The number of likely N-dealkylation sites (tertiary alicyclic amines) is 1. The third-order valence-corrected chi connectivity index (χ3v) is 4.55. The molecular formula is C21H19NO5. The number of ketones is 1. The van der Waals surface area contributed by atoms with Crippen molar-refractivity contribution in [1.82, 2.24) is 4.90 Å². The zero-order chi connectivity index (χ0) is 19.6. The Kier molecular flexibility index (Phi) is 5.07. The molecule has 6 heteroatoms. The molecule has 2 aromatic carbocycles. The molecule has 1 atom stereocenters. The Bertz CT molecular complexity index is 915. The Morgan fingerprint density at radius 2 is 1.63 bits per heavy atom. The van der Waals surface area contributed by atoms with Crippen LogP contribution >= 0.6 is 0 Å². The van der Waals surface area contributed by atoms with Crippen molar-refractivity contribution >= 4 is 23.4 Å². The molecule has 2 N–H and O–H groups in total. The number of aryl methyl sites for hydroxylation is 1. The maximum atomic E-state index is 12.7. The number of amides is 1. The van der Waals surface area contributed by atoms with Crippen molar-refractivity contribution in [2.75, 3.05) is 6.54 Å². The van der Waals surface area contributed by atoms with E-state index in [9.17, 15) is 19.5 Å². The molecule has 2 aromatic rings. The number of hydrogen-bond donors (Lipinski definition) is 2. The summed E-state index contributed by atoms with van der Waals surface area (Å²) >= 11 is 0. The number of Topliss-reactive ketones (excluding diaryl/α,β-unsaturated/α-hetero) is 1. The van der Waals surface area contributed by atoms with Crippen LogP contribution in [0.5, 0.6) is 0 Å². The summed E-state index contributed by atoms with van der Waals surface area (Å²) in [6.07, 6.45) is -0.291. The van der Waals surface area contributed by atoms with E-state index in [4.69, 9.17) is 5.11 Å². The zero-order valence-corrected chi connectivity index (χ0v) is 14.8. The van der Waals surface area contributed by atoms with Crippen molar-refractivity contribution in [3.63, 3.8) is 0 Å². The van der Waals surface area contributed by atoms with Crippen LogP contribution in [-0.2, 0) is 14.4 Å². The first-order valence-corrected chi connectivity index (χ1v) is 8.52. The number of nitrogens with zero attached hydrogens (tertiary/aromatic N) is 1. The van der Waals surface area contributed by atoms with Crippen LogP contribution in [0.15, 0.2) is 60.2 Å². The quantitative estimate of drug-likeness (QED) is 0.483. The highest BCUT2D eigenvalue weighted by Gasteiger charge is 2.45. The minimum absolute atomic E-state index is 0.0274. The van der Waals surface area contributed by atoms with Gasteiger partial charge in [-0.15, -0.1) is 0 Å². The number of aliphatic hydroxyl groups excluding tert-OH is 1. The molecule has 0 bridgehead atoms. The van der Waals surface area contributed by atoms with Gasteiger partial charge in [0.05, 0.1) is 18.0 Å². The van der Waals surface area contributed by atoms with Crippen LogP contribution in [-0.4, -0.2) is 39.3 Å². The lowest BCUT2D eigenvalue weighted by Crippen LogP contribution is -2.31. The molecule has 1 aliphatic heterocycles. The van der Waals surface area contributed by atoms with Crippen molar-refractivity contribution in [2.45, 2.75) is 19.4 Å². The van der Waals surface area contributed by atoms with Gasteiger partial charge in [0.2, 0.25) is 0 Å². The predicted octanol–water partition coefficient (Wildman–Crippen LogP) is 2.89. The molecule has 1 unspecified atom stereocenters. The smallest absolute Gasteiger partial charge is 0.305 e. The van der Waals surface area contributed by atoms with E-state index in [1.807, 2.05) is 19.1 Å². The summed E-state index contributed by atoms with van der Waals surface area (Å²) in [5.74, 6) is -2.95. The van der Waals surface area contributed by atoms with Gasteiger partial charge in [0.1, 0.15) is 5.76 Å². The molecule has 1 amide bonds. The van der Waals surface area contributed by atoms with Crippen LogP contribution in [0.25, 0.3) is 5.76 Å². The molecular weight excluding hydrogens is 346 g/mol. The lowest BCUT2D eigenvalue weighted by Gasteiger charge is -2.24. The summed E-state index contributed by atoms with van der Waals surface area (Å²) in [6.45, 7) is 1.79. The van der Waals surface area contributed by atoms with E-state index >= 15 is 0 Å². The molecule has 1 aliphatic rings. The second kappa shape index (κ2) is 7.45. The first-order chi connectivity index (χ1) is 12.9. The third kappa shape index (κ3) is 3.60. The molecule has 138 valence electrons. The molecule has 1 fully saturated rings. The van der Waals surface area contributed by atoms with Crippen LogP contribution in [0.3, 0.4) is 0 Å². The highest BCUT2D eigenvalue weighted by molar-refractivity contribution is 6.46. The van der Waals surface area contributed by atoms with Gasteiger partial charge in [-0.05, 0) is 12.5 Å². The fourth-order valence-corrected chi connectivity index (χ4v) is 3.17. The van der Waals surface area contributed by atoms with Gasteiger partial charge in [0.25, 0.3) is 11.7 Å². The molecule has 6 nitrogen and oxygen atoms in total. The van der Waals surface area contributed by atoms with Gasteiger partial charge >= 0.3 is 5.97 Å². The minimum Gasteiger partial charge on any atom is -0.507 e. The summed E-state index contributed by atoms with van der Waals surface area (Å²) < 4.78 is 0. The maximum absolute atomic E-state index is 12.7. The summed E-state index contributed by atoms with van der Waals surface area (Å²) in [6, 6.07) is 14.9. The second-order valence-corrected chi connectivity index (χ2v) is 6.41. The highest BCUT2D eigenvalue weighted by Crippen LogP contribution is 2.39. The summed E-state index contributed by atoms with van der Waals surface area (Å²) in [7, 11) is 0. The van der Waals surface area contributed by atoms with E-state index in [0.717, 1.165) is 5.56 Å². The Balaban J connectivity index is 2.14. The first-order valence-electron chi connectivity index (χ1n) is 8.52. The fourth-order valence-electron chi connectivity index (χ4n) is 3.17. The average molecular weight is 365 g/mol. The predicted molar refractivity (Wildman–Crippen MR) is 98.9 cm³/mol. The van der Waals surface area contributed by atoms with Crippen LogP contribution in [0.1, 0.15) is 29.2 Å². The summed E-state index contributed by atoms with van der Waals surface area (Å²) in [4.78, 5) is 37.4. The van der Waals surface area contributed by atoms with Crippen molar-refractivity contribution < 1.29 is 24.6 Å². The van der Waals surface area contributed by atoms with Gasteiger partial charge in [0, 0.05) is 12.1 Å². The van der Waals surface area contributed by atoms with E-state index in [1.54, 1.807) is 42.5 Å². The maximum Gasteiger partial charge on any atom is 0.305 e. The second-order valence-electron chi connectivity index (χ2n) is 6.41. The van der Waals surface area contributed by atoms with Gasteiger partial charge in [0.15, 0.2) is 0 Å². The van der Waals surface area contributed by atoms with Crippen molar-refractivity contribution in [3.05, 3.63) is 76.9 Å². The minimum atomic E-state index is -1.07. The topological polar surface area (TPSA) is 94.9 Å². The highest BCUT2D eigenvalue weighted by atomic mass is 16.4. The van der Waals surface area contributed by atoms with Crippen LogP contribution < -0.4 is 0 Å². The number of carbonyl (C=O) groups is 3. The lowest BCUT2D eigenvalue weighted by molar-refractivity contribution is -0.142. The standard InChI is InChI=1S/C21H19NO5/c1-13-7-9-14(10-8-13)18-17(19(25)15-5-3-2-4-6-15)20(26)21(27)22(18)12-11-16(23)24/h2-10,18,25H,11-12H2,1H3,(H,23,24). The molecule has 0 saturated carbocycles. The number of aliphatic carboxylic acids is 1. The van der Waals surface area contributed by atoms with E-state index in [2.05, 4.69) is 0 Å². The number of hydrogen-bond acceptors (Lipinski definition) is 4. The van der Waals surface area contributed by atoms with Crippen LogP contribution in [0.2, 0.25) is 0 Å². The van der Waals surface area contributed by atoms with Crippen LogP contribution in [0, 0.1) is 6.92 Å². The van der Waals surface area contributed by atoms with E-state index in [-0.39, 0.29) is 24.3 Å². The SMILES string of the molecule is Cc1ccc(C2C(=C(O)c3ccccc3)C(=O)C(=O)N2CCC(=O)O)cc1. The molecule has 27 heavy (non-hydrogen) atoms. The Labute approximate surface area is 156 Å². The third-order valence-electron chi connectivity index (χ3n) is 4.55. The molecule has 0 radical (unpaired) electrons. The van der Waals surface area contributed by atoms with Crippen molar-refractivity contribution in [1.29, 1.82) is 0 Å². The van der Waals surface area contributed by atoms with Crippen LogP contribution in [0.4, 0.5) is 0 Å². The molecule has 0 aliphatic carbocycles. The Morgan fingerprint density at radius 3 is 2.22 bits per heavy atom. The number of carboxylic acid groups (broad SMARTS) is 1. The van der Waals surface area contributed by atoms with Crippen molar-refractivity contribution in [2.24, 2.45) is 0 Å².